The lowest BCUT2D eigenvalue weighted by Gasteiger charge is -2.25. The van der Waals surface area contributed by atoms with Gasteiger partial charge in [0, 0.05) is 0 Å². The van der Waals surface area contributed by atoms with E-state index in [9.17, 15) is 0 Å². The van der Waals surface area contributed by atoms with Gasteiger partial charge in [0.2, 0.25) is 0 Å². The molecule has 0 saturated carbocycles. The standard InChI is InChI=1S/C14H27Cl/c1-5-7-8-9-10-11-12-13(3)14(4,15)6-2/h6,13H,2,5,7-12H2,1,3-4H3. The summed E-state index contributed by atoms with van der Waals surface area (Å²) in [6.07, 6.45) is 11.2. The molecule has 0 heterocycles. The van der Waals surface area contributed by atoms with E-state index in [1.165, 1.54) is 44.9 Å². The summed E-state index contributed by atoms with van der Waals surface area (Å²) in [5, 5.41) is 0. The third-order valence-corrected chi connectivity index (χ3v) is 3.88. The zero-order valence-corrected chi connectivity index (χ0v) is 11.4. The third kappa shape index (κ3) is 7.00. The van der Waals surface area contributed by atoms with Crippen molar-refractivity contribution in [2.45, 2.75) is 70.6 Å². The number of hydrogen-bond acceptors (Lipinski definition) is 0. The van der Waals surface area contributed by atoms with E-state index < -0.39 is 0 Å². The van der Waals surface area contributed by atoms with Gasteiger partial charge in [0.05, 0.1) is 4.87 Å². The van der Waals surface area contributed by atoms with E-state index in [0.717, 1.165) is 0 Å². The zero-order chi connectivity index (χ0) is 11.7. The highest BCUT2D eigenvalue weighted by Gasteiger charge is 2.23. The second-order valence-corrected chi connectivity index (χ2v) is 5.63. The van der Waals surface area contributed by atoms with Crippen LogP contribution in [-0.2, 0) is 0 Å². The van der Waals surface area contributed by atoms with Crippen LogP contribution in [0.2, 0.25) is 0 Å². The van der Waals surface area contributed by atoms with Gasteiger partial charge in [-0.05, 0) is 19.3 Å². The zero-order valence-electron chi connectivity index (χ0n) is 10.7. The number of halogens is 1. The number of unbranched alkanes of at least 4 members (excludes halogenated alkanes) is 5. The minimum absolute atomic E-state index is 0.219. The van der Waals surface area contributed by atoms with Gasteiger partial charge in [0.15, 0.2) is 0 Å². The molecule has 90 valence electrons. The van der Waals surface area contributed by atoms with E-state index in [-0.39, 0.29) is 4.87 Å². The SMILES string of the molecule is C=CC(C)(Cl)C(C)CCCCCCCC. The van der Waals surface area contributed by atoms with Crippen molar-refractivity contribution in [2.75, 3.05) is 0 Å². The average molecular weight is 231 g/mol. The van der Waals surface area contributed by atoms with Crippen LogP contribution in [0.5, 0.6) is 0 Å². The first-order valence-electron chi connectivity index (χ1n) is 6.37. The van der Waals surface area contributed by atoms with Crippen LogP contribution in [0.1, 0.15) is 65.7 Å². The van der Waals surface area contributed by atoms with Crippen molar-refractivity contribution in [1.82, 2.24) is 0 Å². The highest BCUT2D eigenvalue weighted by atomic mass is 35.5. The van der Waals surface area contributed by atoms with Gasteiger partial charge in [-0.1, -0.05) is 58.4 Å². The van der Waals surface area contributed by atoms with Gasteiger partial charge in [-0.3, -0.25) is 0 Å². The molecule has 2 unspecified atom stereocenters. The minimum Gasteiger partial charge on any atom is -0.115 e. The maximum Gasteiger partial charge on any atom is 0.0620 e. The Balaban J connectivity index is 3.47. The van der Waals surface area contributed by atoms with Crippen molar-refractivity contribution in [3.05, 3.63) is 12.7 Å². The first-order valence-corrected chi connectivity index (χ1v) is 6.75. The number of rotatable bonds is 9. The van der Waals surface area contributed by atoms with Gasteiger partial charge < -0.3 is 0 Å². The van der Waals surface area contributed by atoms with Crippen molar-refractivity contribution in [2.24, 2.45) is 5.92 Å². The van der Waals surface area contributed by atoms with Crippen molar-refractivity contribution in [1.29, 1.82) is 0 Å². The molecule has 0 rings (SSSR count). The molecule has 15 heavy (non-hydrogen) atoms. The van der Waals surface area contributed by atoms with Crippen LogP contribution in [-0.4, -0.2) is 4.87 Å². The van der Waals surface area contributed by atoms with Crippen LogP contribution < -0.4 is 0 Å². The first kappa shape index (κ1) is 15.0. The molecule has 0 amide bonds. The molecule has 0 aromatic rings. The van der Waals surface area contributed by atoms with Crippen LogP contribution >= 0.6 is 11.6 Å². The fourth-order valence-corrected chi connectivity index (χ4v) is 1.82. The van der Waals surface area contributed by atoms with E-state index in [0.29, 0.717) is 5.92 Å². The monoisotopic (exact) mass is 230 g/mol. The predicted octanol–water partition coefficient (Wildman–Crippen LogP) is 5.56. The Morgan fingerprint density at radius 1 is 1.20 bits per heavy atom. The summed E-state index contributed by atoms with van der Waals surface area (Å²) >= 11 is 6.32. The molecule has 0 aliphatic rings. The molecule has 0 fully saturated rings. The van der Waals surface area contributed by atoms with Gasteiger partial charge >= 0.3 is 0 Å². The predicted molar refractivity (Wildman–Crippen MR) is 71.6 cm³/mol. The lowest BCUT2D eigenvalue weighted by atomic mass is 9.90. The largest absolute Gasteiger partial charge is 0.115 e. The third-order valence-electron chi connectivity index (χ3n) is 3.35. The molecule has 0 aromatic heterocycles. The van der Waals surface area contributed by atoms with Gasteiger partial charge in [0.25, 0.3) is 0 Å². The lowest BCUT2D eigenvalue weighted by molar-refractivity contribution is 0.427. The van der Waals surface area contributed by atoms with Crippen molar-refractivity contribution in [3.63, 3.8) is 0 Å². The normalized spacial score (nSPS) is 17.1. The molecule has 0 N–H and O–H groups in total. The van der Waals surface area contributed by atoms with E-state index in [1.54, 1.807) is 0 Å². The minimum atomic E-state index is -0.219. The average Bonchev–Trinajstić information content (AvgIpc) is 2.22. The molecule has 0 saturated heterocycles. The molecule has 0 radical (unpaired) electrons. The number of hydrogen-bond donors (Lipinski definition) is 0. The topological polar surface area (TPSA) is 0 Å². The summed E-state index contributed by atoms with van der Waals surface area (Å²) in [7, 11) is 0. The fourth-order valence-electron chi connectivity index (χ4n) is 1.71. The summed E-state index contributed by atoms with van der Waals surface area (Å²) in [6, 6.07) is 0. The molecule has 0 bridgehead atoms. The lowest BCUT2D eigenvalue weighted by Crippen LogP contribution is -2.23. The molecule has 0 aliphatic carbocycles. The van der Waals surface area contributed by atoms with Gasteiger partial charge in [-0.2, -0.15) is 0 Å². The number of allylic oxidation sites excluding steroid dienone is 1. The Hall–Kier alpha value is 0.0300. The summed E-state index contributed by atoms with van der Waals surface area (Å²) in [5.41, 5.74) is 0. The Kier molecular flexibility index (Phi) is 8.23. The Bertz CT molecular complexity index is 161. The maximum absolute atomic E-state index is 6.32. The number of alkyl halides is 1. The second kappa shape index (κ2) is 8.21. The second-order valence-electron chi connectivity index (χ2n) is 4.81. The Morgan fingerprint density at radius 3 is 2.27 bits per heavy atom. The van der Waals surface area contributed by atoms with Crippen molar-refractivity contribution < 1.29 is 0 Å². The highest BCUT2D eigenvalue weighted by Crippen LogP contribution is 2.30. The van der Waals surface area contributed by atoms with Crippen LogP contribution in [0.4, 0.5) is 0 Å². The smallest absolute Gasteiger partial charge is 0.0620 e. The van der Waals surface area contributed by atoms with E-state index in [4.69, 9.17) is 11.6 Å². The molecule has 0 spiro atoms. The molecule has 0 aliphatic heterocycles. The van der Waals surface area contributed by atoms with E-state index in [2.05, 4.69) is 27.4 Å². The Morgan fingerprint density at radius 2 is 1.73 bits per heavy atom. The van der Waals surface area contributed by atoms with Gasteiger partial charge in [-0.25, -0.2) is 0 Å². The maximum atomic E-state index is 6.32. The molecule has 2 atom stereocenters. The Labute approximate surface area is 101 Å². The summed E-state index contributed by atoms with van der Waals surface area (Å²) < 4.78 is 0. The molecule has 1 heteroatoms. The van der Waals surface area contributed by atoms with Gasteiger partial charge in [-0.15, -0.1) is 18.2 Å². The molecular weight excluding hydrogens is 204 g/mol. The van der Waals surface area contributed by atoms with Gasteiger partial charge in [0.1, 0.15) is 0 Å². The quantitative estimate of drug-likeness (QED) is 0.277. The molecular formula is C14H27Cl. The summed E-state index contributed by atoms with van der Waals surface area (Å²) in [4.78, 5) is -0.219. The highest BCUT2D eigenvalue weighted by molar-refractivity contribution is 6.25. The van der Waals surface area contributed by atoms with Crippen LogP contribution in [0.15, 0.2) is 12.7 Å². The molecule has 0 nitrogen and oxygen atoms in total. The van der Waals surface area contributed by atoms with Crippen LogP contribution in [0, 0.1) is 5.92 Å². The van der Waals surface area contributed by atoms with E-state index in [1.807, 2.05) is 6.08 Å². The van der Waals surface area contributed by atoms with Crippen LogP contribution in [0.3, 0.4) is 0 Å². The van der Waals surface area contributed by atoms with Crippen LogP contribution in [0.25, 0.3) is 0 Å². The fraction of sp³-hybridized carbons (Fsp3) is 0.857. The van der Waals surface area contributed by atoms with Crippen molar-refractivity contribution in [3.8, 4) is 0 Å². The van der Waals surface area contributed by atoms with Crippen molar-refractivity contribution >= 4 is 11.6 Å². The summed E-state index contributed by atoms with van der Waals surface area (Å²) in [5.74, 6) is 0.530. The first-order chi connectivity index (χ1) is 7.04. The summed E-state index contributed by atoms with van der Waals surface area (Å²) in [6.45, 7) is 10.3. The molecule has 0 aromatic carbocycles. The van der Waals surface area contributed by atoms with E-state index >= 15 is 0 Å².